The van der Waals surface area contributed by atoms with Crippen LogP contribution in [0.4, 0.5) is 10.1 Å². The normalized spacial score (nSPS) is 10.3. The number of carbonyl (C=O) groups excluding carboxylic acids is 1. The molecule has 0 aromatic heterocycles. The average molecular weight is 340 g/mol. The van der Waals surface area contributed by atoms with Gasteiger partial charge < -0.3 is 5.32 Å². The molecule has 0 radical (unpaired) electrons. The molecule has 0 saturated carbocycles. The molecule has 0 bridgehead atoms. The summed E-state index contributed by atoms with van der Waals surface area (Å²) >= 11 is 4.77. The number of rotatable bonds is 3. The van der Waals surface area contributed by atoms with E-state index in [9.17, 15) is 9.18 Å². The van der Waals surface area contributed by atoms with Gasteiger partial charge in [-0.2, -0.15) is 0 Å². The van der Waals surface area contributed by atoms with E-state index in [0.717, 1.165) is 4.90 Å². The van der Waals surface area contributed by atoms with Crippen LogP contribution >= 0.6 is 27.7 Å². The lowest BCUT2D eigenvalue weighted by Gasteiger charge is -2.07. The highest BCUT2D eigenvalue weighted by atomic mass is 79.9. The Labute approximate surface area is 123 Å². The van der Waals surface area contributed by atoms with Gasteiger partial charge in [0.1, 0.15) is 5.82 Å². The number of benzene rings is 2. The molecule has 2 rings (SSSR count). The van der Waals surface area contributed by atoms with Gasteiger partial charge in [-0.3, -0.25) is 4.79 Å². The van der Waals surface area contributed by atoms with Crippen molar-refractivity contribution in [3.63, 3.8) is 0 Å². The SMILES string of the molecule is CSc1ccc(NC(=O)c2ccc(Br)cc2F)cc1. The summed E-state index contributed by atoms with van der Waals surface area (Å²) in [5, 5.41) is 2.67. The fourth-order valence-electron chi connectivity index (χ4n) is 1.55. The largest absolute Gasteiger partial charge is 0.322 e. The standard InChI is InChI=1S/C14H11BrFNOS/c1-19-11-5-3-10(4-6-11)17-14(18)12-7-2-9(15)8-13(12)16/h2-8H,1H3,(H,17,18). The summed E-state index contributed by atoms with van der Waals surface area (Å²) in [6.07, 6.45) is 1.98. The number of thioether (sulfide) groups is 1. The maximum absolute atomic E-state index is 13.6. The lowest BCUT2D eigenvalue weighted by Crippen LogP contribution is -2.13. The molecular formula is C14H11BrFNOS. The van der Waals surface area contributed by atoms with E-state index < -0.39 is 11.7 Å². The molecule has 0 aliphatic carbocycles. The zero-order valence-corrected chi connectivity index (χ0v) is 12.5. The van der Waals surface area contributed by atoms with Crippen LogP contribution < -0.4 is 5.32 Å². The van der Waals surface area contributed by atoms with E-state index in [1.54, 1.807) is 30.0 Å². The Balaban J connectivity index is 2.15. The summed E-state index contributed by atoms with van der Waals surface area (Å²) in [7, 11) is 0. The van der Waals surface area contributed by atoms with Crippen molar-refractivity contribution in [2.75, 3.05) is 11.6 Å². The van der Waals surface area contributed by atoms with Crippen LogP contribution in [0.15, 0.2) is 51.8 Å². The van der Waals surface area contributed by atoms with Crippen LogP contribution in [0, 0.1) is 5.82 Å². The highest BCUT2D eigenvalue weighted by Gasteiger charge is 2.11. The number of hydrogen-bond acceptors (Lipinski definition) is 2. The Morgan fingerprint density at radius 2 is 1.89 bits per heavy atom. The third-order valence-corrected chi connectivity index (χ3v) is 3.76. The predicted octanol–water partition coefficient (Wildman–Crippen LogP) is 4.56. The molecule has 0 heterocycles. The van der Waals surface area contributed by atoms with Crippen LogP contribution in [-0.4, -0.2) is 12.2 Å². The molecular weight excluding hydrogens is 329 g/mol. The van der Waals surface area contributed by atoms with E-state index in [2.05, 4.69) is 21.2 Å². The molecule has 2 aromatic carbocycles. The smallest absolute Gasteiger partial charge is 0.258 e. The number of carbonyl (C=O) groups is 1. The first-order valence-corrected chi connectivity index (χ1v) is 7.52. The van der Waals surface area contributed by atoms with Crippen LogP contribution in [-0.2, 0) is 0 Å². The third-order valence-electron chi connectivity index (χ3n) is 2.52. The summed E-state index contributed by atoms with van der Waals surface area (Å²) in [5.41, 5.74) is 0.669. The summed E-state index contributed by atoms with van der Waals surface area (Å²) in [5.74, 6) is -1.01. The van der Waals surface area contributed by atoms with Crippen LogP contribution in [0.3, 0.4) is 0 Å². The van der Waals surface area contributed by atoms with Gasteiger partial charge in [-0.05, 0) is 48.7 Å². The molecule has 0 aliphatic heterocycles. The van der Waals surface area contributed by atoms with Crippen molar-refractivity contribution in [2.24, 2.45) is 0 Å². The number of halogens is 2. The lowest BCUT2D eigenvalue weighted by atomic mass is 10.2. The number of amides is 1. The van der Waals surface area contributed by atoms with Crippen LogP contribution in [0.25, 0.3) is 0 Å². The van der Waals surface area contributed by atoms with Gasteiger partial charge >= 0.3 is 0 Å². The fraction of sp³-hybridized carbons (Fsp3) is 0.0714. The van der Waals surface area contributed by atoms with E-state index in [1.807, 2.05) is 18.4 Å². The first kappa shape index (κ1) is 14.1. The summed E-state index contributed by atoms with van der Waals surface area (Å²) in [6, 6.07) is 11.7. The molecule has 0 spiro atoms. The second-order valence-corrected chi connectivity index (χ2v) is 5.60. The molecule has 0 saturated heterocycles. The number of anilines is 1. The van der Waals surface area contributed by atoms with Gasteiger partial charge in [0.2, 0.25) is 0 Å². The number of nitrogens with one attached hydrogen (secondary N) is 1. The minimum Gasteiger partial charge on any atom is -0.322 e. The van der Waals surface area contributed by atoms with Crippen molar-refractivity contribution in [3.8, 4) is 0 Å². The van der Waals surface area contributed by atoms with Crippen LogP contribution in [0.2, 0.25) is 0 Å². The summed E-state index contributed by atoms with van der Waals surface area (Å²) < 4.78 is 14.2. The van der Waals surface area contributed by atoms with E-state index >= 15 is 0 Å². The molecule has 0 aliphatic rings. The minimum atomic E-state index is -0.549. The molecule has 1 amide bonds. The average Bonchev–Trinajstić information content (AvgIpc) is 2.39. The van der Waals surface area contributed by atoms with Crippen molar-refractivity contribution < 1.29 is 9.18 Å². The van der Waals surface area contributed by atoms with Gasteiger partial charge in [-0.25, -0.2) is 4.39 Å². The summed E-state index contributed by atoms with van der Waals surface area (Å²) in [6.45, 7) is 0. The first-order valence-electron chi connectivity index (χ1n) is 5.50. The highest BCUT2D eigenvalue weighted by molar-refractivity contribution is 9.10. The third kappa shape index (κ3) is 3.58. The molecule has 0 unspecified atom stereocenters. The van der Waals surface area contributed by atoms with Crippen molar-refractivity contribution in [3.05, 3.63) is 58.3 Å². The maximum Gasteiger partial charge on any atom is 0.258 e. The van der Waals surface area contributed by atoms with Gasteiger partial charge in [0.15, 0.2) is 0 Å². The van der Waals surface area contributed by atoms with Crippen molar-refractivity contribution >= 4 is 39.3 Å². The Kier molecular flexibility index (Phi) is 4.61. The van der Waals surface area contributed by atoms with Crippen molar-refractivity contribution in [1.82, 2.24) is 0 Å². The molecule has 1 N–H and O–H groups in total. The van der Waals surface area contributed by atoms with E-state index in [1.165, 1.54) is 12.1 Å². The van der Waals surface area contributed by atoms with Gasteiger partial charge in [0.05, 0.1) is 5.56 Å². The van der Waals surface area contributed by atoms with Gasteiger partial charge in [-0.15, -0.1) is 11.8 Å². The highest BCUT2D eigenvalue weighted by Crippen LogP contribution is 2.19. The molecule has 0 fully saturated rings. The predicted molar refractivity (Wildman–Crippen MR) is 80.3 cm³/mol. The monoisotopic (exact) mass is 339 g/mol. The first-order chi connectivity index (χ1) is 9.10. The van der Waals surface area contributed by atoms with Crippen molar-refractivity contribution in [2.45, 2.75) is 4.90 Å². The zero-order valence-electron chi connectivity index (χ0n) is 10.1. The molecule has 5 heteroatoms. The van der Waals surface area contributed by atoms with Gasteiger partial charge in [-0.1, -0.05) is 15.9 Å². The second-order valence-electron chi connectivity index (χ2n) is 3.81. The van der Waals surface area contributed by atoms with Crippen LogP contribution in [0.5, 0.6) is 0 Å². The van der Waals surface area contributed by atoms with Crippen LogP contribution in [0.1, 0.15) is 10.4 Å². The molecule has 98 valence electrons. The van der Waals surface area contributed by atoms with Gasteiger partial charge in [0, 0.05) is 15.1 Å². The van der Waals surface area contributed by atoms with E-state index in [0.29, 0.717) is 10.2 Å². The Morgan fingerprint density at radius 1 is 1.21 bits per heavy atom. The second kappa shape index (κ2) is 6.21. The fourth-order valence-corrected chi connectivity index (χ4v) is 2.29. The van der Waals surface area contributed by atoms with E-state index in [4.69, 9.17) is 0 Å². The van der Waals surface area contributed by atoms with Crippen molar-refractivity contribution in [1.29, 1.82) is 0 Å². The molecule has 2 aromatic rings. The Bertz CT molecular complexity index is 601. The lowest BCUT2D eigenvalue weighted by molar-refractivity contribution is 0.102. The molecule has 2 nitrogen and oxygen atoms in total. The molecule has 0 atom stereocenters. The van der Waals surface area contributed by atoms with E-state index in [-0.39, 0.29) is 5.56 Å². The zero-order chi connectivity index (χ0) is 13.8. The molecule has 19 heavy (non-hydrogen) atoms. The quantitative estimate of drug-likeness (QED) is 0.830. The number of hydrogen-bond donors (Lipinski definition) is 1. The topological polar surface area (TPSA) is 29.1 Å². The summed E-state index contributed by atoms with van der Waals surface area (Å²) in [4.78, 5) is 13.0. The Hall–Kier alpha value is -1.33. The maximum atomic E-state index is 13.6. The minimum absolute atomic E-state index is 0.0251. The Morgan fingerprint density at radius 3 is 2.47 bits per heavy atom. The van der Waals surface area contributed by atoms with Gasteiger partial charge in [0.25, 0.3) is 5.91 Å².